The van der Waals surface area contributed by atoms with E-state index in [1.54, 1.807) is 0 Å². The average Bonchev–Trinajstić information content (AvgIpc) is 2.26. The van der Waals surface area contributed by atoms with Crippen LogP contribution in [0.3, 0.4) is 0 Å². The minimum atomic E-state index is -0.153. The number of halogens is 1. The van der Waals surface area contributed by atoms with Crippen LogP contribution in [0.4, 0.5) is 0 Å². The molecule has 1 fully saturated rings. The van der Waals surface area contributed by atoms with Gasteiger partial charge in [-0.3, -0.25) is 10.7 Å². The fraction of sp³-hybridized carbons (Fsp3) is 0.818. The van der Waals surface area contributed by atoms with Gasteiger partial charge in [0.25, 0.3) is 0 Å². The van der Waals surface area contributed by atoms with E-state index in [1.165, 1.54) is 32.1 Å². The van der Waals surface area contributed by atoms with Crippen molar-refractivity contribution in [3.8, 4) is 0 Å². The van der Waals surface area contributed by atoms with Gasteiger partial charge in [0.05, 0.1) is 6.04 Å². The van der Waals surface area contributed by atoms with Crippen molar-refractivity contribution in [1.82, 2.24) is 5.32 Å². The molecule has 0 aromatic rings. The molecule has 0 spiro atoms. The molecular formula is C11H24ClN5. The van der Waals surface area contributed by atoms with Crippen molar-refractivity contribution in [2.75, 3.05) is 0 Å². The maximum atomic E-state index is 7.08. The molecule has 0 heterocycles. The molecule has 1 rings (SSSR count). The summed E-state index contributed by atoms with van der Waals surface area (Å²) in [6, 6.07) is 0.271. The predicted molar refractivity (Wildman–Crippen MR) is 74.6 cm³/mol. The Morgan fingerprint density at radius 3 is 2.41 bits per heavy atom. The smallest absolute Gasteiger partial charge is 0.195 e. The lowest BCUT2D eigenvalue weighted by Gasteiger charge is -2.27. The van der Waals surface area contributed by atoms with Crippen LogP contribution in [-0.2, 0) is 0 Å². The molecule has 1 unspecified atom stereocenters. The highest BCUT2D eigenvalue weighted by atomic mass is 35.5. The second-order valence-electron chi connectivity index (χ2n) is 4.43. The number of nitrogens with two attached hydrogens (primary N) is 2. The molecule has 6 N–H and O–H groups in total. The molecule has 0 aliphatic heterocycles. The summed E-state index contributed by atoms with van der Waals surface area (Å²) in [6.45, 7) is 2.13. The fourth-order valence-corrected chi connectivity index (χ4v) is 2.40. The van der Waals surface area contributed by atoms with E-state index in [1.807, 2.05) is 0 Å². The van der Waals surface area contributed by atoms with Crippen LogP contribution in [0, 0.1) is 11.3 Å². The van der Waals surface area contributed by atoms with E-state index in [0.717, 1.165) is 6.42 Å². The first-order chi connectivity index (χ1) is 7.63. The first kappa shape index (κ1) is 16.0. The zero-order chi connectivity index (χ0) is 12.0. The van der Waals surface area contributed by atoms with Crippen molar-refractivity contribution < 1.29 is 0 Å². The summed E-state index contributed by atoms with van der Waals surface area (Å²) in [5, 5.41) is 9.61. The predicted octanol–water partition coefficient (Wildman–Crippen LogP) is 1.56. The van der Waals surface area contributed by atoms with Gasteiger partial charge in [0.15, 0.2) is 11.9 Å². The van der Waals surface area contributed by atoms with Crippen LogP contribution >= 0.6 is 12.4 Å². The molecule has 0 saturated heterocycles. The second-order valence-corrected chi connectivity index (χ2v) is 4.43. The van der Waals surface area contributed by atoms with Crippen molar-refractivity contribution in [3.63, 3.8) is 0 Å². The first-order valence-corrected chi connectivity index (χ1v) is 6.07. The summed E-state index contributed by atoms with van der Waals surface area (Å²) < 4.78 is 0. The monoisotopic (exact) mass is 261 g/mol. The average molecular weight is 262 g/mol. The molecule has 100 valence electrons. The lowest BCUT2D eigenvalue weighted by atomic mass is 9.83. The van der Waals surface area contributed by atoms with E-state index >= 15 is 0 Å². The van der Waals surface area contributed by atoms with Gasteiger partial charge in [0.2, 0.25) is 0 Å². The summed E-state index contributed by atoms with van der Waals surface area (Å²) in [6.07, 6.45) is 7.43. The molecule has 1 atom stereocenters. The van der Waals surface area contributed by atoms with Crippen LogP contribution < -0.4 is 16.8 Å². The standard InChI is InChI=1S/C11H23N5.ClH/c1-2-9(8-6-4-3-5-7-8)15-11(14)16-10(12)13;/h8-9H,2-7H2,1H3,(H6,12,13,14,15,16);1H. The maximum Gasteiger partial charge on any atom is 0.195 e. The number of nitrogens with one attached hydrogen (secondary N) is 2. The number of aliphatic imine (C=N–C) groups is 1. The number of hydrogen-bond donors (Lipinski definition) is 4. The van der Waals surface area contributed by atoms with Gasteiger partial charge in [-0.1, -0.05) is 26.2 Å². The normalized spacial score (nSPS) is 19.2. The van der Waals surface area contributed by atoms with Crippen LogP contribution in [-0.4, -0.2) is 18.0 Å². The minimum absolute atomic E-state index is 0. The molecule has 17 heavy (non-hydrogen) atoms. The SMILES string of the molecule is CCC(N=C(N)NC(=N)N)C1CCCCC1.Cl. The Balaban J connectivity index is 0.00000256. The Labute approximate surface area is 109 Å². The molecule has 0 amide bonds. The number of hydrogen-bond acceptors (Lipinski definition) is 2. The number of rotatable bonds is 3. The third-order valence-electron chi connectivity index (χ3n) is 3.18. The summed E-state index contributed by atoms with van der Waals surface area (Å²) >= 11 is 0. The topological polar surface area (TPSA) is 100 Å². The van der Waals surface area contributed by atoms with Gasteiger partial charge in [-0.05, 0) is 25.2 Å². The van der Waals surface area contributed by atoms with E-state index in [4.69, 9.17) is 16.9 Å². The zero-order valence-electron chi connectivity index (χ0n) is 10.4. The van der Waals surface area contributed by atoms with E-state index in [0.29, 0.717) is 5.92 Å². The quantitative estimate of drug-likeness (QED) is 0.458. The molecule has 0 aromatic heterocycles. The van der Waals surface area contributed by atoms with Gasteiger partial charge in [-0.25, -0.2) is 4.99 Å². The van der Waals surface area contributed by atoms with Crippen LogP contribution in [0.2, 0.25) is 0 Å². The molecule has 0 aromatic carbocycles. The summed E-state index contributed by atoms with van der Waals surface area (Å²) in [4.78, 5) is 4.42. The third kappa shape index (κ3) is 5.77. The Bertz CT molecular complexity index is 261. The minimum Gasteiger partial charge on any atom is -0.370 e. The van der Waals surface area contributed by atoms with Crippen molar-refractivity contribution in [2.24, 2.45) is 22.4 Å². The fourth-order valence-electron chi connectivity index (χ4n) is 2.40. The highest BCUT2D eigenvalue weighted by Crippen LogP contribution is 2.29. The lowest BCUT2D eigenvalue weighted by Crippen LogP contribution is -2.42. The number of guanidine groups is 2. The molecule has 1 saturated carbocycles. The van der Waals surface area contributed by atoms with Gasteiger partial charge >= 0.3 is 0 Å². The first-order valence-electron chi connectivity index (χ1n) is 6.07. The second kappa shape index (κ2) is 8.17. The summed E-state index contributed by atoms with van der Waals surface area (Å²) in [5.41, 5.74) is 10.9. The van der Waals surface area contributed by atoms with Gasteiger partial charge < -0.3 is 11.5 Å². The zero-order valence-corrected chi connectivity index (χ0v) is 11.2. The summed E-state index contributed by atoms with van der Waals surface area (Å²) in [5.74, 6) is 0.760. The lowest BCUT2D eigenvalue weighted by molar-refractivity contribution is 0.301. The van der Waals surface area contributed by atoms with E-state index in [-0.39, 0.29) is 30.4 Å². The van der Waals surface area contributed by atoms with Crippen LogP contribution in [0.15, 0.2) is 4.99 Å². The molecule has 6 heteroatoms. The molecular weight excluding hydrogens is 238 g/mol. The van der Waals surface area contributed by atoms with E-state index in [9.17, 15) is 0 Å². The molecule has 1 aliphatic carbocycles. The van der Waals surface area contributed by atoms with Gasteiger partial charge in [0, 0.05) is 0 Å². The van der Waals surface area contributed by atoms with E-state index < -0.39 is 0 Å². The van der Waals surface area contributed by atoms with E-state index in [2.05, 4.69) is 17.2 Å². The Morgan fingerprint density at radius 1 is 1.35 bits per heavy atom. The van der Waals surface area contributed by atoms with Crippen molar-refractivity contribution in [2.45, 2.75) is 51.5 Å². The largest absolute Gasteiger partial charge is 0.370 e. The molecule has 0 radical (unpaired) electrons. The van der Waals surface area contributed by atoms with Crippen LogP contribution in [0.1, 0.15) is 45.4 Å². The molecule has 0 bridgehead atoms. The van der Waals surface area contributed by atoms with Crippen molar-refractivity contribution in [3.05, 3.63) is 0 Å². The Kier molecular flexibility index (Phi) is 7.70. The summed E-state index contributed by atoms with van der Waals surface area (Å²) in [7, 11) is 0. The van der Waals surface area contributed by atoms with Crippen LogP contribution in [0.5, 0.6) is 0 Å². The van der Waals surface area contributed by atoms with Crippen molar-refractivity contribution in [1.29, 1.82) is 5.41 Å². The maximum absolute atomic E-state index is 7.08. The molecule has 5 nitrogen and oxygen atoms in total. The highest BCUT2D eigenvalue weighted by molar-refractivity contribution is 5.95. The Morgan fingerprint density at radius 2 is 1.94 bits per heavy atom. The third-order valence-corrected chi connectivity index (χ3v) is 3.18. The van der Waals surface area contributed by atoms with Gasteiger partial charge in [0.1, 0.15) is 0 Å². The number of nitrogens with zero attached hydrogens (tertiary/aromatic N) is 1. The van der Waals surface area contributed by atoms with Gasteiger partial charge in [-0.15, -0.1) is 12.4 Å². The van der Waals surface area contributed by atoms with Crippen molar-refractivity contribution >= 4 is 24.3 Å². The highest BCUT2D eigenvalue weighted by Gasteiger charge is 2.21. The van der Waals surface area contributed by atoms with Crippen LogP contribution in [0.25, 0.3) is 0 Å². The Hall–Kier alpha value is -0.970. The van der Waals surface area contributed by atoms with Gasteiger partial charge in [-0.2, -0.15) is 0 Å². The molecule has 1 aliphatic rings.